The lowest BCUT2D eigenvalue weighted by Gasteiger charge is -2.13. The van der Waals surface area contributed by atoms with Gasteiger partial charge < -0.3 is 14.8 Å². The van der Waals surface area contributed by atoms with E-state index in [0.717, 1.165) is 28.0 Å². The zero-order valence-corrected chi connectivity index (χ0v) is 17.2. The van der Waals surface area contributed by atoms with E-state index in [1.165, 1.54) is 12.1 Å². The number of ether oxygens (including phenoxy) is 2. The Morgan fingerprint density at radius 2 is 1.67 bits per heavy atom. The van der Waals surface area contributed by atoms with Crippen LogP contribution in [0.15, 0.2) is 48.5 Å². The van der Waals surface area contributed by atoms with Crippen molar-refractivity contribution in [2.24, 2.45) is 0 Å². The molecule has 0 unspecified atom stereocenters. The maximum absolute atomic E-state index is 13.0. The molecule has 1 amide bonds. The van der Waals surface area contributed by atoms with Crippen molar-refractivity contribution < 1.29 is 18.7 Å². The van der Waals surface area contributed by atoms with E-state index in [1.54, 1.807) is 24.3 Å². The predicted molar refractivity (Wildman–Crippen MR) is 112 cm³/mol. The van der Waals surface area contributed by atoms with Gasteiger partial charge in [-0.15, -0.1) is 10.2 Å². The Balaban J connectivity index is 1.40. The van der Waals surface area contributed by atoms with Crippen molar-refractivity contribution in [2.75, 3.05) is 19.8 Å². The number of carbonyl (C=O) groups is 1. The first-order chi connectivity index (χ1) is 14.4. The number of aryl methyl sites for hydroxylation is 3. The molecule has 0 saturated heterocycles. The van der Waals surface area contributed by atoms with Gasteiger partial charge in [0.1, 0.15) is 18.2 Å². The number of rotatable bonds is 8. The molecule has 0 atom stereocenters. The van der Waals surface area contributed by atoms with Gasteiger partial charge in [-0.1, -0.05) is 17.7 Å². The lowest BCUT2D eigenvalue weighted by Crippen LogP contribution is -2.32. The van der Waals surface area contributed by atoms with Gasteiger partial charge in [0.15, 0.2) is 6.61 Å². The van der Waals surface area contributed by atoms with Crippen LogP contribution in [0.5, 0.6) is 11.6 Å². The molecule has 0 aliphatic carbocycles. The van der Waals surface area contributed by atoms with E-state index in [4.69, 9.17) is 9.47 Å². The molecule has 1 aromatic heterocycles. The van der Waals surface area contributed by atoms with Crippen LogP contribution in [-0.4, -0.2) is 35.9 Å². The third-order valence-electron chi connectivity index (χ3n) is 4.41. The number of carbonyl (C=O) groups excluding carboxylic acids is 1. The van der Waals surface area contributed by atoms with Gasteiger partial charge in [-0.3, -0.25) is 4.79 Å². The molecule has 0 aliphatic heterocycles. The van der Waals surface area contributed by atoms with Crippen molar-refractivity contribution in [2.45, 2.75) is 20.8 Å². The minimum Gasteiger partial charge on any atom is -0.483 e. The fourth-order valence-corrected chi connectivity index (χ4v) is 3.10. The second-order valence-corrected chi connectivity index (χ2v) is 6.98. The number of halogens is 1. The highest BCUT2D eigenvalue weighted by atomic mass is 19.1. The monoisotopic (exact) mass is 409 g/mol. The summed E-state index contributed by atoms with van der Waals surface area (Å²) in [7, 11) is 0. The van der Waals surface area contributed by atoms with E-state index < -0.39 is 0 Å². The molecule has 3 aromatic rings. The molecule has 156 valence electrons. The fraction of sp³-hybridized carbons (Fsp3) is 0.261. The molecular formula is C23H24FN3O3. The van der Waals surface area contributed by atoms with Crippen molar-refractivity contribution in [1.82, 2.24) is 15.5 Å². The molecule has 0 bridgehead atoms. The van der Waals surface area contributed by atoms with Gasteiger partial charge in [-0.05, 0) is 62.2 Å². The van der Waals surface area contributed by atoms with Crippen molar-refractivity contribution in [3.8, 4) is 22.9 Å². The Morgan fingerprint density at radius 3 is 2.30 bits per heavy atom. The van der Waals surface area contributed by atoms with E-state index in [9.17, 15) is 9.18 Å². The Kier molecular flexibility index (Phi) is 6.95. The SMILES string of the molecule is Cc1cc(C)c(OCC(=O)NCCOc2ccc(-c3ccc(F)cc3)nn2)c(C)c1. The minimum atomic E-state index is -0.303. The molecule has 1 N–H and O–H groups in total. The summed E-state index contributed by atoms with van der Waals surface area (Å²) in [6, 6.07) is 13.5. The van der Waals surface area contributed by atoms with Gasteiger partial charge >= 0.3 is 0 Å². The van der Waals surface area contributed by atoms with E-state index in [2.05, 4.69) is 15.5 Å². The maximum atomic E-state index is 13.0. The van der Waals surface area contributed by atoms with E-state index in [-0.39, 0.29) is 24.9 Å². The summed E-state index contributed by atoms with van der Waals surface area (Å²) in [5.74, 6) is 0.555. The summed E-state index contributed by atoms with van der Waals surface area (Å²) >= 11 is 0. The molecule has 0 fully saturated rings. The standard InChI is InChI=1S/C23H24FN3O3/c1-15-12-16(2)23(17(3)13-15)30-14-21(28)25-10-11-29-22-9-8-20(26-27-22)18-4-6-19(24)7-5-18/h4-9,12-13H,10-11,14H2,1-3H3,(H,25,28). The highest BCUT2D eigenvalue weighted by molar-refractivity contribution is 5.77. The van der Waals surface area contributed by atoms with Crippen molar-refractivity contribution in [1.29, 1.82) is 0 Å². The second-order valence-electron chi connectivity index (χ2n) is 6.98. The summed E-state index contributed by atoms with van der Waals surface area (Å²) < 4.78 is 24.1. The Labute approximate surface area is 175 Å². The fourth-order valence-electron chi connectivity index (χ4n) is 3.10. The van der Waals surface area contributed by atoms with Crippen LogP contribution in [0.2, 0.25) is 0 Å². The Morgan fingerprint density at radius 1 is 0.967 bits per heavy atom. The molecule has 7 heteroatoms. The highest BCUT2D eigenvalue weighted by Crippen LogP contribution is 2.24. The van der Waals surface area contributed by atoms with Crippen LogP contribution in [0.25, 0.3) is 11.3 Å². The smallest absolute Gasteiger partial charge is 0.258 e. The van der Waals surface area contributed by atoms with E-state index in [1.807, 2.05) is 32.9 Å². The first-order valence-electron chi connectivity index (χ1n) is 9.62. The topological polar surface area (TPSA) is 73.3 Å². The molecular weight excluding hydrogens is 385 g/mol. The molecule has 0 spiro atoms. The summed E-state index contributed by atoms with van der Waals surface area (Å²) in [4.78, 5) is 12.0. The summed E-state index contributed by atoms with van der Waals surface area (Å²) in [6.45, 7) is 6.45. The molecule has 6 nitrogen and oxygen atoms in total. The van der Waals surface area contributed by atoms with Gasteiger partial charge in [0, 0.05) is 11.6 Å². The van der Waals surface area contributed by atoms with Crippen LogP contribution < -0.4 is 14.8 Å². The molecule has 0 saturated carbocycles. The van der Waals surface area contributed by atoms with Crippen molar-refractivity contribution >= 4 is 5.91 Å². The van der Waals surface area contributed by atoms with E-state index in [0.29, 0.717) is 18.1 Å². The van der Waals surface area contributed by atoms with Gasteiger partial charge in [-0.25, -0.2) is 4.39 Å². The molecule has 1 heterocycles. The molecule has 3 rings (SSSR count). The van der Waals surface area contributed by atoms with Crippen LogP contribution in [0.1, 0.15) is 16.7 Å². The Bertz CT molecular complexity index is 982. The Hall–Kier alpha value is -3.48. The quantitative estimate of drug-likeness (QED) is 0.573. The normalized spacial score (nSPS) is 10.5. The average Bonchev–Trinajstić information content (AvgIpc) is 2.71. The summed E-state index contributed by atoms with van der Waals surface area (Å²) in [5, 5.41) is 10.8. The average molecular weight is 409 g/mol. The lowest BCUT2D eigenvalue weighted by atomic mass is 10.1. The number of benzene rings is 2. The maximum Gasteiger partial charge on any atom is 0.258 e. The largest absolute Gasteiger partial charge is 0.483 e. The van der Waals surface area contributed by atoms with Crippen LogP contribution in [0.4, 0.5) is 4.39 Å². The summed E-state index contributed by atoms with van der Waals surface area (Å²) in [5.41, 5.74) is 4.56. The van der Waals surface area contributed by atoms with Gasteiger partial charge in [-0.2, -0.15) is 0 Å². The zero-order chi connectivity index (χ0) is 21.5. The van der Waals surface area contributed by atoms with Gasteiger partial charge in [0.2, 0.25) is 5.88 Å². The third kappa shape index (κ3) is 5.76. The third-order valence-corrected chi connectivity index (χ3v) is 4.41. The first-order valence-corrected chi connectivity index (χ1v) is 9.62. The first kappa shape index (κ1) is 21.2. The lowest BCUT2D eigenvalue weighted by molar-refractivity contribution is -0.123. The predicted octanol–water partition coefficient (Wildman–Crippen LogP) is 3.78. The number of amides is 1. The number of aromatic nitrogens is 2. The van der Waals surface area contributed by atoms with Crippen LogP contribution in [0, 0.1) is 26.6 Å². The molecule has 0 radical (unpaired) electrons. The van der Waals surface area contributed by atoms with Crippen LogP contribution >= 0.6 is 0 Å². The number of nitrogens with zero attached hydrogens (tertiary/aromatic N) is 2. The molecule has 0 aliphatic rings. The summed E-state index contributed by atoms with van der Waals surface area (Å²) in [6.07, 6.45) is 0. The van der Waals surface area contributed by atoms with E-state index >= 15 is 0 Å². The number of nitrogens with one attached hydrogen (secondary N) is 1. The zero-order valence-electron chi connectivity index (χ0n) is 17.2. The van der Waals surface area contributed by atoms with Gasteiger partial charge in [0.05, 0.1) is 12.2 Å². The van der Waals surface area contributed by atoms with Crippen LogP contribution in [0.3, 0.4) is 0 Å². The highest BCUT2D eigenvalue weighted by Gasteiger charge is 2.08. The van der Waals surface area contributed by atoms with Crippen LogP contribution in [-0.2, 0) is 4.79 Å². The number of hydrogen-bond acceptors (Lipinski definition) is 5. The second kappa shape index (κ2) is 9.82. The molecule has 2 aromatic carbocycles. The van der Waals surface area contributed by atoms with Gasteiger partial charge in [0.25, 0.3) is 5.91 Å². The minimum absolute atomic E-state index is 0.0586. The number of hydrogen-bond donors (Lipinski definition) is 1. The molecule has 30 heavy (non-hydrogen) atoms. The van der Waals surface area contributed by atoms with Crippen molar-refractivity contribution in [3.05, 3.63) is 71.0 Å². The van der Waals surface area contributed by atoms with Crippen molar-refractivity contribution in [3.63, 3.8) is 0 Å².